The first-order valence-electron chi connectivity index (χ1n) is 8.01. The van der Waals surface area contributed by atoms with Gasteiger partial charge in [0.15, 0.2) is 6.61 Å². The lowest BCUT2D eigenvalue weighted by Gasteiger charge is -2.01. The molecule has 0 saturated carbocycles. The van der Waals surface area contributed by atoms with E-state index in [2.05, 4.69) is 5.32 Å². The highest BCUT2D eigenvalue weighted by molar-refractivity contribution is 7.14. The van der Waals surface area contributed by atoms with E-state index in [-0.39, 0.29) is 18.3 Å². The maximum absolute atomic E-state index is 12.1. The number of hydrogen-bond donors (Lipinski definition) is 1. The van der Waals surface area contributed by atoms with Crippen molar-refractivity contribution in [1.82, 2.24) is 5.32 Å². The minimum atomic E-state index is -0.628. The Morgan fingerprint density at radius 2 is 1.93 bits per heavy atom. The number of carbonyl (C=O) groups excluding carboxylic acids is 3. The lowest BCUT2D eigenvalue weighted by atomic mass is 10.2. The minimum Gasteiger partial charge on any atom is -0.454 e. The molecule has 27 heavy (non-hydrogen) atoms. The number of amides is 1. The Kier molecular flexibility index (Phi) is 8.03. The number of Topliss-reactive ketones (excluding diaryl/α,β-unsaturated/α-hetero) is 1. The first-order chi connectivity index (χ1) is 12.8. The zero-order valence-corrected chi connectivity index (χ0v) is 16.8. The summed E-state index contributed by atoms with van der Waals surface area (Å²) in [6.07, 6.45) is 3.39. The van der Waals surface area contributed by atoms with Crippen LogP contribution in [0.25, 0.3) is 6.08 Å². The van der Waals surface area contributed by atoms with Crippen LogP contribution in [0.1, 0.15) is 27.0 Å². The van der Waals surface area contributed by atoms with Gasteiger partial charge in [-0.2, -0.15) is 0 Å². The molecule has 1 N–H and O–H groups in total. The second-order valence-electron chi connectivity index (χ2n) is 5.54. The molecule has 0 aliphatic carbocycles. The fraction of sp³-hybridized carbons (Fsp3) is 0.211. The van der Waals surface area contributed by atoms with E-state index < -0.39 is 5.97 Å². The van der Waals surface area contributed by atoms with Gasteiger partial charge in [-0.3, -0.25) is 9.59 Å². The zero-order chi connectivity index (χ0) is 19.8. The predicted molar refractivity (Wildman–Crippen MR) is 107 cm³/mol. The molecule has 0 radical (unpaired) electrons. The van der Waals surface area contributed by atoms with Crippen LogP contribution in [0, 0.1) is 0 Å². The molecule has 1 aromatic carbocycles. The van der Waals surface area contributed by atoms with Crippen molar-refractivity contribution >= 4 is 58.3 Å². The van der Waals surface area contributed by atoms with E-state index in [9.17, 15) is 14.4 Å². The number of ether oxygens (including phenoxy) is 1. The molecule has 142 valence electrons. The third-order valence-corrected chi connectivity index (χ3v) is 5.31. The summed E-state index contributed by atoms with van der Waals surface area (Å²) in [5, 5.41) is 3.51. The molecule has 1 aromatic heterocycles. The van der Waals surface area contributed by atoms with E-state index in [0.29, 0.717) is 33.5 Å². The third kappa shape index (κ3) is 7.17. The van der Waals surface area contributed by atoms with Gasteiger partial charge in [0.25, 0.3) is 0 Å². The molecule has 0 bridgehead atoms. The highest BCUT2D eigenvalue weighted by atomic mass is 35.5. The summed E-state index contributed by atoms with van der Waals surface area (Å²) in [5.74, 6) is -0.998. The Bertz CT molecular complexity index is 876. The van der Waals surface area contributed by atoms with Crippen LogP contribution in [-0.2, 0) is 20.7 Å². The number of carbonyl (C=O) groups is 3. The highest BCUT2D eigenvalue weighted by Crippen LogP contribution is 2.23. The average molecular weight is 426 g/mol. The van der Waals surface area contributed by atoms with Gasteiger partial charge in [0.05, 0.1) is 14.9 Å². The summed E-state index contributed by atoms with van der Waals surface area (Å²) in [7, 11) is 0. The third-order valence-electron chi connectivity index (χ3n) is 3.38. The lowest BCUT2D eigenvalue weighted by Crippen LogP contribution is -2.22. The molecule has 0 saturated heterocycles. The number of hydrogen-bond acceptors (Lipinski definition) is 5. The van der Waals surface area contributed by atoms with E-state index in [4.69, 9.17) is 27.9 Å². The zero-order valence-electron chi connectivity index (χ0n) is 14.5. The first-order valence-corrected chi connectivity index (χ1v) is 9.58. The molecular formula is C19H17Cl2NO4S. The molecule has 1 amide bonds. The molecule has 0 aliphatic rings. The largest absolute Gasteiger partial charge is 0.454 e. The van der Waals surface area contributed by atoms with Crippen molar-refractivity contribution in [3.63, 3.8) is 0 Å². The number of halogens is 2. The monoisotopic (exact) mass is 425 g/mol. The lowest BCUT2D eigenvalue weighted by molar-refractivity contribution is -0.136. The van der Waals surface area contributed by atoms with E-state index in [1.807, 2.05) is 6.07 Å². The summed E-state index contributed by atoms with van der Waals surface area (Å²) in [6.45, 7) is 1.63. The molecule has 5 nitrogen and oxygen atoms in total. The second kappa shape index (κ2) is 10.3. The van der Waals surface area contributed by atoms with Crippen LogP contribution in [0.4, 0.5) is 0 Å². The first kappa shape index (κ1) is 21.2. The standard InChI is InChI=1S/C19H17Cl2NO4S/c1-12(23)22-9-8-14-4-6-18(27-14)17(24)11-26-19(25)7-3-13-2-5-15(20)16(21)10-13/h2-7,10H,8-9,11H2,1H3,(H,22,23)/b7-3+. The Morgan fingerprint density at radius 3 is 2.63 bits per heavy atom. The van der Waals surface area contributed by atoms with E-state index in [1.54, 1.807) is 24.3 Å². The van der Waals surface area contributed by atoms with Crippen molar-refractivity contribution in [2.45, 2.75) is 13.3 Å². The number of thiophene rings is 1. The van der Waals surface area contributed by atoms with Crippen molar-refractivity contribution in [2.24, 2.45) is 0 Å². The van der Waals surface area contributed by atoms with Crippen molar-refractivity contribution in [1.29, 1.82) is 0 Å². The Hall–Kier alpha value is -2.15. The van der Waals surface area contributed by atoms with Gasteiger partial charge in [-0.1, -0.05) is 29.3 Å². The van der Waals surface area contributed by atoms with Gasteiger partial charge < -0.3 is 10.1 Å². The SMILES string of the molecule is CC(=O)NCCc1ccc(C(=O)COC(=O)/C=C/c2ccc(Cl)c(Cl)c2)s1. The Morgan fingerprint density at radius 1 is 1.15 bits per heavy atom. The van der Waals surface area contributed by atoms with Crippen LogP contribution in [0.15, 0.2) is 36.4 Å². The number of esters is 1. The van der Waals surface area contributed by atoms with Crippen molar-refractivity contribution in [3.8, 4) is 0 Å². The Labute approximate surface area is 170 Å². The molecule has 0 spiro atoms. The second-order valence-corrected chi connectivity index (χ2v) is 7.52. The normalized spacial score (nSPS) is 10.8. The molecule has 8 heteroatoms. The number of ketones is 1. The van der Waals surface area contributed by atoms with E-state index in [1.165, 1.54) is 30.4 Å². The van der Waals surface area contributed by atoms with Crippen molar-refractivity contribution in [3.05, 3.63) is 61.8 Å². The van der Waals surface area contributed by atoms with Crippen LogP contribution in [0.2, 0.25) is 10.0 Å². The van der Waals surface area contributed by atoms with Crippen molar-refractivity contribution < 1.29 is 19.1 Å². The van der Waals surface area contributed by atoms with Crippen LogP contribution in [0.3, 0.4) is 0 Å². The molecule has 0 atom stereocenters. The summed E-state index contributed by atoms with van der Waals surface area (Å²) >= 11 is 13.0. The molecule has 0 aliphatic heterocycles. The topological polar surface area (TPSA) is 72.5 Å². The van der Waals surface area contributed by atoms with Gasteiger partial charge in [0.1, 0.15) is 0 Å². The average Bonchev–Trinajstić information content (AvgIpc) is 3.09. The van der Waals surface area contributed by atoms with Crippen LogP contribution >= 0.6 is 34.5 Å². The fourth-order valence-electron chi connectivity index (χ4n) is 2.06. The van der Waals surface area contributed by atoms with Crippen molar-refractivity contribution in [2.75, 3.05) is 13.2 Å². The Balaban J connectivity index is 1.81. The number of rotatable bonds is 8. The smallest absolute Gasteiger partial charge is 0.331 e. The van der Waals surface area contributed by atoms with Crippen LogP contribution in [0.5, 0.6) is 0 Å². The van der Waals surface area contributed by atoms with Crippen LogP contribution < -0.4 is 5.32 Å². The van der Waals surface area contributed by atoms with E-state index in [0.717, 1.165) is 4.88 Å². The van der Waals surface area contributed by atoms with Gasteiger partial charge in [-0.05, 0) is 42.3 Å². The molecule has 0 unspecified atom stereocenters. The summed E-state index contributed by atoms with van der Waals surface area (Å²) in [4.78, 5) is 36.2. The fourth-order valence-corrected chi connectivity index (χ4v) is 3.30. The molecule has 1 heterocycles. The summed E-state index contributed by atoms with van der Waals surface area (Å²) in [5.41, 5.74) is 0.690. The number of nitrogens with one attached hydrogen (secondary N) is 1. The minimum absolute atomic E-state index is 0.0938. The molecule has 2 aromatic rings. The van der Waals surface area contributed by atoms with Gasteiger partial charge in [-0.25, -0.2) is 4.79 Å². The summed E-state index contributed by atoms with van der Waals surface area (Å²) in [6, 6.07) is 8.46. The maximum atomic E-state index is 12.1. The van der Waals surface area contributed by atoms with Gasteiger partial charge in [0.2, 0.25) is 11.7 Å². The highest BCUT2D eigenvalue weighted by Gasteiger charge is 2.11. The molecule has 2 rings (SSSR count). The van der Waals surface area contributed by atoms with Gasteiger partial charge in [0, 0.05) is 24.4 Å². The van der Waals surface area contributed by atoms with E-state index >= 15 is 0 Å². The maximum Gasteiger partial charge on any atom is 0.331 e. The predicted octanol–water partition coefficient (Wildman–Crippen LogP) is 4.17. The quantitative estimate of drug-likeness (QED) is 0.391. The number of benzene rings is 1. The molecular weight excluding hydrogens is 409 g/mol. The summed E-state index contributed by atoms with van der Waals surface area (Å²) < 4.78 is 4.97. The van der Waals surface area contributed by atoms with Gasteiger partial charge in [-0.15, -0.1) is 11.3 Å². The van der Waals surface area contributed by atoms with Crippen LogP contribution in [-0.4, -0.2) is 30.8 Å². The van der Waals surface area contributed by atoms with Gasteiger partial charge >= 0.3 is 5.97 Å². The molecule has 0 fully saturated rings.